The molecule has 5 nitrogen and oxygen atoms in total. The minimum absolute atomic E-state index is 0.0868. The van der Waals surface area contributed by atoms with Gasteiger partial charge in [0.05, 0.1) is 23.5 Å². The summed E-state index contributed by atoms with van der Waals surface area (Å²) in [5.41, 5.74) is 5.45. The number of nitrogens with two attached hydrogens (primary N) is 1. The summed E-state index contributed by atoms with van der Waals surface area (Å²) in [4.78, 5) is 12.4. The number of hydrogen-bond acceptors (Lipinski definition) is 5. The van der Waals surface area contributed by atoms with Gasteiger partial charge in [0.1, 0.15) is 0 Å². The second-order valence-electron chi connectivity index (χ2n) is 4.60. The summed E-state index contributed by atoms with van der Waals surface area (Å²) in [5, 5.41) is 0. The molecule has 1 heterocycles. The molecule has 0 aliphatic carbocycles. The van der Waals surface area contributed by atoms with Crippen LogP contribution < -0.4 is 5.73 Å². The number of carbonyl (C=O) groups is 1. The van der Waals surface area contributed by atoms with Gasteiger partial charge in [0, 0.05) is 18.4 Å². The molecule has 18 heavy (non-hydrogen) atoms. The zero-order chi connectivity index (χ0) is 13.4. The summed E-state index contributed by atoms with van der Waals surface area (Å²) in [6.45, 7) is 0.895. The summed E-state index contributed by atoms with van der Waals surface area (Å²) in [6, 6.07) is 5.92. The molecule has 2 rings (SSSR count). The van der Waals surface area contributed by atoms with Crippen LogP contribution in [0.5, 0.6) is 0 Å². The van der Waals surface area contributed by atoms with Crippen LogP contribution in [0.25, 0.3) is 0 Å². The van der Waals surface area contributed by atoms with E-state index in [1.165, 1.54) is 24.3 Å². The lowest BCUT2D eigenvalue weighted by molar-refractivity contribution is -0.0816. The largest absolute Gasteiger partial charge is 0.379 e. The molecule has 0 spiro atoms. The molecule has 1 aromatic rings. The van der Waals surface area contributed by atoms with Crippen LogP contribution in [0.1, 0.15) is 10.4 Å². The topological polar surface area (TPSA) is 86.5 Å². The predicted octanol–water partition coefficient (Wildman–Crippen LogP) is 0.248. The molecular formula is C12H15NO4S. The summed E-state index contributed by atoms with van der Waals surface area (Å²) in [7, 11) is -3.24. The molecule has 1 saturated heterocycles. The highest BCUT2D eigenvalue weighted by atomic mass is 32.2. The molecule has 0 atom stereocenters. The minimum atomic E-state index is -3.24. The summed E-state index contributed by atoms with van der Waals surface area (Å²) >= 11 is 0. The second-order valence-corrected chi connectivity index (χ2v) is 6.62. The van der Waals surface area contributed by atoms with Crippen molar-refractivity contribution in [1.29, 1.82) is 0 Å². The van der Waals surface area contributed by atoms with Gasteiger partial charge in [-0.15, -0.1) is 0 Å². The van der Waals surface area contributed by atoms with Crippen LogP contribution in [-0.4, -0.2) is 40.2 Å². The van der Waals surface area contributed by atoms with E-state index in [0.717, 1.165) is 6.26 Å². The van der Waals surface area contributed by atoms with Gasteiger partial charge >= 0.3 is 0 Å². The number of sulfone groups is 1. The number of ether oxygens (including phenoxy) is 1. The Labute approximate surface area is 106 Å². The fraction of sp³-hybridized carbons (Fsp3) is 0.417. The van der Waals surface area contributed by atoms with E-state index in [1.54, 1.807) is 0 Å². The monoisotopic (exact) mass is 269 g/mol. The van der Waals surface area contributed by atoms with Crippen LogP contribution in [0.3, 0.4) is 0 Å². The molecule has 2 N–H and O–H groups in total. The second kappa shape index (κ2) is 4.46. The maximum Gasteiger partial charge on any atom is 0.175 e. The number of carbonyl (C=O) groups excluding carboxylic acids is 1. The Hall–Kier alpha value is -1.24. The van der Waals surface area contributed by atoms with Crippen LogP contribution in [0, 0.1) is 5.41 Å². The van der Waals surface area contributed by atoms with Gasteiger partial charge in [-0.1, -0.05) is 12.1 Å². The van der Waals surface area contributed by atoms with E-state index >= 15 is 0 Å². The van der Waals surface area contributed by atoms with Crippen molar-refractivity contribution < 1.29 is 17.9 Å². The number of benzene rings is 1. The van der Waals surface area contributed by atoms with Gasteiger partial charge in [-0.05, 0) is 12.1 Å². The lowest BCUT2D eigenvalue weighted by atomic mass is 9.78. The van der Waals surface area contributed by atoms with E-state index in [2.05, 4.69) is 0 Å². The first-order chi connectivity index (χ1) is 8.39. The van der Waals surface area contributed by atoms with Crippen molar-refractivity contribution in [3.63, 3.8) is 0 Å². The number of Topliss-reactive ketones (excluding diaryl/α,β-unsaturated/α-hetero) is 1. The molecule has 6 heteroatoms. The molecule has 1 fully saturated rings. The molecule has 0 amide bonds. The van der Waals surface area contributed by atoms with Crippen LogP contribution in [0.15, 0.2) is 29.2 Å². The molecular weight excluding hydrogens is 254 g/mol. The molecule has 1 aliphatic rings. The average Bonchev–Trinajstić information content (AvgIpc) is 2.27. The highest BCUT2D eigenvalue weighted by Gasteiger charge is 2.44. The van der Waals surface area contributed by atoms with Gasteiger partial charge in [0.25, 0.3) is 0 Å². The lowest BCUT2D eigenvalue weighted by Crippen LogP contribution is -2.54. The zero-order valence-corrected chi connectivity index (χ0v) is 10.9. The first kappa shape index (κ1) is 13.2. The van der Waals surface area contributed by atoms with E-state index < -0.39 is 15.3 Å². The SMILES string of the molecule is CS(=O)(=O)c1ccc(C(=O)C2(CN)COC2)cc1. The van der Waals surface area contributed by atoms with Gasteiger partial charge in [-0.3, -0.25) is 4.79 Å². The van der Waals surface area contributed by atoms with Crippen molar-refractivity contribution in [2.75, 3.05) is 26.0 Å². The van der Waals surface area contributed by atoms with E-state index in [0.29, 0.717) is 18.8 Å². The molecule has 0 unspecified atom stereocenters. The quantitative estimate of drug-likeness (QED) is 0.792. The van der Waals surface area contributed by atoms with Crippen molar-refractivity contribution in [3.05, 3.63) is 29.8 Å². The van der Waals surface area contributed by atoms with E-state index in [-0.39, 0.29) is 17.2 Å². The molecule has 0 bridgehead atoms. The molecule has 1 aliphatic heterocycles. The minimum Gasteiger partial charge on any atom is -0.379 e. The van der Waals surface area contributed by atoms with E-state index in [4.69, 9.17) is 10.5 Å². The van der Waals surface area contributed by atoms with Crippen molar-refractivity contribution >= 4 is 15.6 Å². The predicted molar refractivity (Wildman–Crippen MR) is 66.2 cm³/mol. The van der Waals surface area contributed by atoms with Crippen molar-refractivity contribution in [2.24, 2.45) is 11.1 Å². The first-order valence-corrected chi connectivity index (χ1v) is 7.41. The Morgan fingerprint density at radius 2 is 1.89 bits per heavy atom. The Morgan fingerprint density at radius 3 is 2.22 bits per heavy atom. The molecule has 98 valence electrons. The Morgan fingerprint density at radius 1 is 1.33 bits per heavy atom. The zero-order valence-electron chi connectivity index (χ0n) is 10.0. The fourth-order valence-corrected chi connectivity index (χ4v) is 2.48. The molecule has 0 saturated carbocycles. The van der Waals surface area contributed by atoms with Gasteiger partial charge in [-0.25, -0.2) is 8.42 Å². The van der Waals surface area contributed by atoms with Gasteiger partial charge < -0.3 is 10.5 Å². The maximum absolute atomic E-state index is 12.2. The van der Waals surface area contributed by atoms with Crippen LogP contribution in [-0.2, 0) is 14.6 Å². The Balaban J connectivity index is 2.28. The van der Waals surface area contributed by atoms with Crippen LogP contribution >= 0.6 is 0 Å². The smallest absolute Gasteiger partial charge is 0.175 e. The normalized spacial score (nSPS) is 18.1. The van der Waals surface area contributed by atoms with Gasteiger partial charge in [0.15, 0.2) is 15.6 Å². The lowest BCUT2D eigenvalue weighted by Gasteiger charge is -2.38. The van der Waals surface area contributed by atoms with Crippen LogP contribution in [0.2, 0.25) is 0 Å². The van der Waals surface area contributed by atoms with E-state index in [1.807, 2.05) is 0 Å². The fourth-order valence-electron chi connectivity index (χ4n) is 1.85. The highest BCUT2D eigenvalue weighted by molar-refractivity contribution is 7.90. The van der Waals surface area contributed by atoms with Crippen molar-refractivity contribution in [2.45, 2.75) is 4.90 Å². The summed E-state index contributed by atoms with van der Waals surface area (Å²) in [6.07, 6.45) is 1.13. The summed E-state index contributed by atoms with van der Waals surface area (Å²) < 4.78 is 27.7. The first-order valence-electron chi connectivity index (χ1n) is 5.52. The molecule has 0 aromatic heterocycles. The maximum atomic E-state index is 12.2. The standard InChI is InChI=1S/C12H15NO4S/c1-18(15,16)10-4-2-9(3-5-10)11(14)12(6-13)7-17-8-12/h2-5H,6-8,13H2,1H3. The Kier molecular flexibility index (Phi) is 3.27. The Bertz CT molecular complexity index is 553. The number of rotatable bonds is 4. The molecule has 1 aromatic carbocycles. The van der Waals surface area contributed by atoms with Crippen molar-refractivity contribution in [3.8, 4) is 0 Å². The highest BCUT2D eigenvalue weighted by Crippen LogP contribution is 2.30. The summed E-state index contributed by atoms with van der Waals surface area (Å²) in [5.74, 6) is -0.0868. The molecule has 0 radical (unpaired) electrons. The van der Waals surface area contributed by atoms with Gasteiger partial charge in [-0.2, -0.15) is 0 Å². The number of ketones is 1. The van der Waals surface area contributed by atoms with Crippen molar-refractivity contribution in [1.82, 2.24) is 0 Å². The third kappa shape index (κ3) is 2.19. The third-order valence-electron chi connectivity index (χ3n) is 3.17. The van der Waals surface area contributed by atoms with Crippen LogP contribution in [0.4, 0.5) is 0 Å². The average molecular weight is 269 g/mol. The van der Waals surface area contributed by atoms with Gasteiger partial charge in [0.2, 0.25) is 0 Å². The van der Waals surface area contributed by atoms with E-state index in [9.17, 15) is 13.2 Å². The third-order valence-corrected chi connectivity index (χ3v) is 4.30. The number of hydrogen-bond donors (Lipinski definition) is 1.